The maximum atomic E-state index is 12.9. The fraction of sp³-hybridized carbons (Fsp3) is 0.417. The number of hydrogen-bond donors (Lipinski definition) is 1. The molecule has 94 valence electrons. The first-order valence-electron chi connectivity index (χ1n) is 5.42. The van der Waals surface area contributed by atoms with Gasteiger partial charge >= 0.3 is 0 Å². The highest BCUT2D eigenvalue weighted by atomic mass is 35.5. The highest BCUT2D eigenvalue weighted by molar-refractivity contribution is 6.30. The fourth-order valence-electron chi connectivity index (χ4n) is 1.43. The molecular formula is C12H16ClFN2O. The zero-order valence-corrected chi connectivity index (χ0v) is 10.5. The summed E-state index contributed by atoms with van der Waals surface area (Å²) in [6, 6.07) is 4.58. The van der Waals surface area contributed by atoms with Gasteiger partial charge in [0.2, 0.25) is 5.91 Å². The van der Waals surface area contributed by atoms with Crippen molar-refractivity contribution in [2.75, 3.05) is 20.1 Å². The van der Waals surface area contributed by atoms with Gasteiger partial charge in [-0.3, -0.25) is 4.79 Å². The van der Waals surface area contributed by atoms with Crippen molar-refractivity contribution in [3.63, 3.8) is 0 Å². The van der Waals surface area contributed by atoms with Gasteiger partial charge in [-0.25, -0.2) is 4.39 Å². The first-order valence-corrected chi connectivity index (χ1v) is 5.80. The van der Waals surface area contributed by atoms with Gasteiger partial charge in [0.15, 0.2) is 0 Å². The van der Waals surface area contributed by atoms with Crippen molar-refractivity contribution >= 4 is 17.5 Å². The van der Waals surface area contributed by atoms with Crippen molar-refractivity contribution < 1.29 is 9.18 Å². The van der Waals surface area contributed by atoms with Crippen molar-refractivity contribution in [3.05, 3.63) is 34.6 Å². The molecule has 0 atom stereocenters. The molecule has 0 radical (unpaired) electrons. The predicted octanol–water partition coefficient (Wildman–Crippen LogP) is 1.83. The van der Waals surface area contributed by atoms with Gasteiger partial charge in [0.05, 0.1) is 5.02 Å². The van der Waals surface area contributed by atoms with Crippen LogP contribution in [0.25, 0.3) is 0 Å². The number of carbonyl (C=O) groups excluding carboxylic acids is 1. The van der Waals surface area contributed by atoms with E-state index in [0.29, 0.717) is 25.9 Å². The second-order valence-corrected chi connectivity index (χ2v) is 4.26. The summed E-state index contributed by atoms with van der Waals surface area (Å²) >= 11 is 5.67. The van der Waals surface area contributed by atoms with Crippen LogP contribution in [0.15, 0.2) is 18.2 Å². The monoisotopic (exact) mass is 258 g/mol. The molecule has 1 rings (SSSR count). The second kappa shape index (κ2) is 6.57. The van der Waals surface area contributed by atoms with Crippen LogP contribution in [0.5, 0.6) is 0 Å². The quantitative estimate of drug-likeness (QED) is 0.876. The van der Waals surface area contributed by atoms with Crippen LogP contribution in [0.3, 0.4) is 0 Å². The molecule has 0 unspecified atom stereocenters. The number of carbonyl (C=O) groups is 1. The summed E-state index contributed by atoms with van der Waals surface area (Å²) in [5, 5.41) is 0.110. The molecular weight excluding hydrogens is 243 g/mol. The Kier molecular flexibility index (Phi) is 5.38. The first kappa shape index (κ1) is 13.9. The van der Waals surface area contributed by atoms with Crippen LogP contribution in [-0.4, -0.2) is 30.9 Å². The van der Waals surface area contributed by atoms with Crippen LogP contribution in [0.4, 0.5) is 4.39 Å². The number of likely N-dealkylation sites (N-methyl/N-ethyl adjacent to an activating group) is 1. The molecule has 0 fully saturated rings. The van der Waals surface area contributed by atoms with Crippen molar-refractivity contribution in [2.45, 2.75) is 12.8 Å². The smallest absolute Gasteiger partial charge is 0.223 e. The number of nitrogens with two attached hydrogens (primary N) is 1. The number of benzene rings is 1. The molecule has 1 amide bonds. The Balaban J connectivity index is 2.50. The van der Waals surface area contributed by atoms with Crippen molar-refractivity contribution in [1.29, 1.82) is 0 Å². The summed E-state index contributed by atoms with van der Waals surface area (Å²) in [5.41, 5.74) is 6.21. The number of amides is 1. The fourth-order valence-corrected chi connectivity index (χ4v) is 1.63. The molecule has 0 bridgehead atoms. The minimum absolute atomic E-state index is 0.0145. The molecule has 0 aliphatic heterocycles. The van der Waals surface area contributed by atoms with E-state index < -0.39 is 5.82 Å². The molecule has 2 N–H and O–H groups in total. The Morgan fingerprint density at radius 3 is 2.82 bits per heavy atom. The first-order chi connectivity index (χ1) is 8.04. The Morgan fingerprint density at radius 1 is 1.53 bits per heavy atom. The van der Waals surface area contributed by atoms with E-state index in [1.807, 2.05) is 0 Å². The molecule has 0 aliphatic carbocycles. The van der Waals surface area contributed by atoms with Crippen molar-refractivity contribution in [2.24, 2.45) is 5.73 Å². The van der Waals surface area contributed by atoms with Gasteiger partial charge in [-0.2, -0.15) is 0 Å². The van der Waals surface area contributed by atoms with Gasteiger partial charge in [0.25, 0.3) is 0 Å². The Bertz CT molecular complexity index is 398. The lowest BCUT2D eigenvalue weighted by molar-refractivity contribution is -0.129. The molecule has 17 heavy (non-hydrogen) atoms. The van der Waals surface area contributed by atoms with E-state index in [0.717, 1.165) is 5.56 Å². The topological polar surface area (TPSA) is 46.3 Å². The SMILES string of the molecule is CN(CCc1ccc(F)c(Cl)c1)C(=O)CCN. The standard InChI is InChI=1S/C12H16ClFN2O/c1-16(12(17)4-6-15)7-5-9-2-3-11(14)10(13)8-9/h2-3,8H,4-7,15H2,1H3. The zero-order chi connectivity index (χ0) is 12.8. The van der Waals surface area contributed by atoms with Gasteiger partial charge in [-0.05, 0) is 24.1 Å². The number of rotatable bonds is 5. The van der Waals surface area contributed by atoms with Gasteiger partial charge in [-0.15, -0.1) is 0 Å². The predicted molar refractivity (Wildman–Crippen MR) is 66.4 cm³/mol. The summed E-state index contributed by atoms with van der Waals surface area (Å²) in [6.45, 7) is 0.923. The van der Waals surface area contributed by atoms with Gasteiger partial charge in [0.1, 0.15) is 5.82 Å². The number of halogens is 2. The van der Waals surface area contributed by atoms with E-state index in [9.17, 15) is 9.18 Å². The lowest BCUT2D eigenvalue weighted by Crippen LogP contribution is -2.30. The summed E-state index contributed by atoms with van der Waals surface area (Å²) in [5.74, 6) is -0.413. The highest BCUT2D eigenvalue weighted by Gasteiger charge is 2.08. The zero-order valence-electron chi connectivity index (χ0n) is 9.75. The normalized spacial score (nSPS) is 10.4. The minimum Gasteiger partial charge on any atom is -0.345 e. The molecule has 0 aromatic heterocycles. The van der Waals surface area contributed by atoms with Crippen LogP contribution in [-0.2, 0) is 11.2 Å². The van der Waals surface area contributed by atoms with Crippen LogP contribution in [0.1, 0.15) is 12.0 Å². The Labute approximate surface area is 105 Å². The van der Waals surface area contributed by atoms with E-state index in [4.69, 9.17) is 17.3 Å². The Hall–Kier alpha value is -1.13. The van der Waals surface area contributed by atoms with Crippen LogP contribution >= 0.6 is 11.6 Å². The molecule has 0 spiro atoms. The minimum atomic E-state index is -0.428. The van der Waals surface area contributed by atoms with Crippen LogP contribution in [0.2, 0.25) is 5.02 Å². The third kappa shape index (κ3) is 4.32. The molecule has 0 aliphatic rings. The lowest BCUT2D eigenvalue weighted by Gasteiger charge is -2.16. The van der Waals surface area contributed by atoms with E-state index in [1.54, 1.807) is 24.1 Å². The Morgan fingerprint density at radius 2 is 2.24 bits per heavy atom. The van der Waals surface area contributed by atoms with E-state index in [1.165, 1.54) is 6.07 Å². The van der Waals surface area contributed by atoms with E-state index >= 15 is 0 Å². The average Bonchev–Trinajstić information content (AvgIpc) is 2.30. The third-order valence-corrected chi connectivity index (χ3v) is 2.79. The van der Waals surface area contributed by atoms with Gasteiger partial charge in [0, 0.05) is 26.6 Å². The second-order valence-electron chi connectivity index (χ2n) is 3.85. The molecule has 1 aromatic rings. The average molecular weight is 259 g/mol. The summed E-state index contributed by atoms with van der Waals surface area (Å²) < 4.78 is 12.9. The summed E-state index contributed by atoms with van der Waals surface area (Å²) in [6.07, 6.45) is 0.994. The van der Waals surface area contributed by atoms with Crippen molar-refractivity contribution in [3.8, 4) is 0 Å². The maximum Gasteiger partial charge on any atom is 0.223 e. The molecule has 0 heterocycles. The van der Waals surface area contributed by atoms with E-state index in [-0.39, 0.29) is 10.9 Å². The molecule has 1 aromatic carbocycles. The summed E-state index contributed by atoms with van der Waals surface area (Å²) in [4.78, 5) is 13.1. The summed E-state index contributed by atoms with van der Waals surface area (Å²) in [7, 11) is 1.73. The number of nitrogens with zero attached hydrogens (tertiary/aromatic N) is 1. The van der Waals surface area contributed by atoms with Gasteiger partial charge in [-0.1, -0.05) is 17.7 Å². The van der Waals surface area contributed by atoms with E-state index in [2.05, 4.69) is 0 Å². The molecule has 0 saturated heterocycles. The molecule has 0 saturated carbocycles. The molecule has 3 nitrogen and oxygen atoms in total. The largest absolute Gasteiger partial charge is 0.345 e. The number of hydrogen-bond acceptors (Lipinski definition) is 2. The van der Waals surface area contributed by atoms with Gasteiger partial charge < -0.3 is 10.6 Å². The highest BCUT2D eigenvalue weighted by Crippen LogP contribution is 2.16. The third-order valence-electron chi connectivity index (χ3n) is 2.50. The lowest BCUT2D eigenvalue weighted by atomic mass is 10.1. The molecule has 5 heteroatoms. The van der Waals surface area contributed by atoms with Crippen molar-refractivity contribution in [1.82, 2.24) is 4.90 Å². The van der Waals surface area contributed by atoms with Crippen LogP contribution in [0, 0.1) is 5.82 Å². The van der Waals surface area contributed by atoms with Crippen LogP contribution < -0.4 is 5.73 Å². The maximum absolute atomic E-state index is 12.9.